The number of nitrogens with zero attached hydrogens (tertiary/aromatic N) is 4. The minimum absolute atomic E-state index is 0.290. The Kier molecular flexibility index (Phi) is 7.59. The number of unbranched alkanes of at least 4 members (excludes halogenated alkanes) is 4. The first kappa shape index (κ1) is 20.4. The van der Waals surface area contributed by atoms with Crippen molar-refractivity contribution < 1.29 is 5.11 Å². The van der Waals surface area contributed by atoms with Crippen LogP contribution in [0, 0.1) is 0 Å². The van der Waals surface area contributed by atoms with Crippen molar-refractivity contribution >= 4 is 11.2 Å². The number of aliphatic hydroxyl groups excluding tert-OH is 1. The van der Waals surface area contributed by atoms with Crippen molar-refractivity contribution in [3.63, 3.8) is 0 Å². The van der Waals surface area contributed by atoms with Crippen LogP contribution in [0.3, 0.4) is 0 Å². The molecular weight excluding hydrogens is 334 g/mol. The van der Waals surface area contributed by atoms with Crippen molar-refractivity contribution in [3.8, 4) is 0 Å². The summed E-state index contributed by atoms with van der Waals surface area (Å²) in [6.45, 7) is 3.33. The molecule has 2 rings (SSSR count). The highest BCUT2D eigenvalue weighted by Gasteiger charge is 2.16. The quantitative estimate of drug-likeness (QED) is 0.577. The fourth-order valence-corrected chi connectivity index (χ4v) is 3.19. The molecule has 1 unspecified atom stereocenters. The monoisotopic (exact) mass is 365 g/mol. The molecule has 0 saturated carbocycles. The highest BCUT2D eigenvalue weighted by Crippen LogP contribution is 2.08. The Hall–Kier alpha value is -1.93. The molecule has 8 nitrogen and oxygen atoms in total. The Morgan fingerprint density at radius 3 is 2.42 bits per heavy atom. The van der Waals surface area contributed by atoms with E-state index in [0.29, 0.717) is 43.6 Å². The Morgan fingerprint density at radius 1 is 1.08 bits per heavy atom. The van der Waals surface area contributed by atoms with Gasteiger partial charge in [-0.2, -0.15) is 0 Å². The van der Waals surface area contributed by atoms with E-state index in [1.165, 1.54) is 4.57 Å². The van der Waals surface area contributed by atoms with Crippen molar-refractivity contribution in [1.82, 2.24) is 18.7 Å². The Morgan fingerprint density at radius 2 is 1.73 bits per heavy atom. The van der Waals surface area contributed by atoms with E-state index in [-0.39, 0.29) is 17.4 Å². The maximum atomic E-state index is 12.9. The lowest BCUT2D eigenvalue weighted by Gasteiger charge is -2.12. The second-order valence-electron chi connectivity index (χ2n) is 6.97. The number of aryl methyl sites for hydroxylation is 2. The number of nitrogens with two attached hydrogens (primary N) is 1. The fraction of sp³-hybridized carbons (Fsp3) is 0.722. The maximum Gasteiger partial charge on any atom is 0.332 e. The number of hydrogen-bond acceptors (Lipinski definition) is 5. The summed E-state index contributed by atoms with van der Waals surface area (Å²) < 4.78 is 4.61. The topological polar surface area (TPSA) is 108 Å². The third-order valence-electron chi connectivity index (χ3n) is 4.67. The molecule has 2 aromatic rings. The predicted octanol–water partition coefficient (Wildman–Crippen LogP) is 0.967. The molecule has 8 heteroatoms. The van der Waals surface area contributed by atoms with Gasteiger partial charge in [0.05, 0.1) is 12.4 Å². The SMILES string of the molecule is CC(O)CCCCn1c(=O)c2c(ncn2C)n(CCCCCCN)c1=O. The molecule has 0 spiro atoms. The first-order chi connectivity index (χ1) is 12.5. The Balaban J connectivity index is 2.25. The van der Waals surface area contributed by atoms with E-state index in [9.17, 15) is 14.7 Å². The van der Waals surface area contributed by atoms with E-state index in [0.717, 1.165) is 32.1 Å². The highest BCUT2D eigenvalue weighted by molar-refractivity contribution is 5.69. The van der Waals surface area contributed by atoms with Gasteiger partial charge in [0.25, 0.3) is 5.56 Å². The van der Waals surface area contributed by atoms with Gasteiger partial charge in [0.15, 0.2) is 11.2 Å². The average Bonchev–Trinajstić information content (AvgIpc) is 2.98. The van der Waals surface area contributed by atoms with Crippen molar-refractivity contribution in [2.24, 2.45) is 12.8 Å². The van der Waals surface area contributed by atoms with Crippen LogP contribution in [0.2, 0.25) is 0 Å². The summed E-state index contributed by atoms with van der Waals surface area (Å²) in [6, 6.07) is 0. The van der Waals surface area contributed by atoms with Gasteiger partial charge in [0.2, 0.25) is 0 Å². The molecule has 1 atom stereocenters. The van der Waals surface area contributed by atoms with E-state index in [1.54, 1.807) is 29.4 Å². The van der Waals surface area contributed by atoms with E-state index >= 15 is 0 Å². The first-order valence-electron chi connectivity index (χ1n) is 9.50. The standard InChI is InChI=1S/C18H31N5O3/c1-14(24)9-5-8-12-23-17(25)15-16(20-13-21(15)2)22(18(23)26)11-7-4-3-6-10-19/h13-14,24H,3-12,19H2,1-2H3. The van der Waals surface area contributed by atoms with E-state index in [1.807, 2.05) is 0 Å². The molecule has 0 aliphatic rings. The Bertz CT molecular complexity index is 819. The van der Waals surface area contributed by atoms with Crippen molar-refractivity contribution in [3.05, 3.63) is 27.2 Å². The molecule has 0 amide bonds. The van der Waals surface area contributed by atoms with Crippen LogP contribution in [0.5, 0.6) is 0 Å². The average molecular weight is 365 g/mol. The highest BCUT2D eigenvalue weighted by atomic mass is 16.3. The number of rotatable bonds is 11. The number of hydrogen-bond donors (Lipinski definition) is 2. The molecular formula is C18H31N5O3. The van der Waals surface area contributed by atoms with Crippen LogP contribution in [0.25, 0.3) is 11.2 Å². The summed E-state index contributed by atoms with van der Waals surface area (Å²) in [5.74, 6) is 0. The van der Waals surface area contributed by atoms with Gasteiger partial charge in [0.1, 0.15) is 0 Å². The largest absolute Gasteiger partial charge is 0.393 e. The van der Waals surface area contributed by atoms with Crippen LogP contribution in [-0.2, 0) is 20.1 Å². The van der Waals surface area contributed by atoms with Crippen LogP contribution in [-0.4, -0.2) is 36.4 Å². The lowest BCUT2D eigenvalue weighted by atomic mass is 10.2. The zero-order valence-corrected chi connectivity index (χ0v) is 15.9. The van der Waals surface area contributed by atoms with Crippen molar-refractivity contribution in [1.29, 1.82) is 0 Å². The molecule has 0 fully saturated rings. The smallest absolute Gasteiger partial charge is 0.332 e. The predicted molar refractivity (Wildman–Crippen MR) is 102 cm³/mol. The molecule has 0 aliphatic carbocycles. The molecule has 0 bridgehead atoms. The van der Waals surface area contributed by atoms with E-state index in [4.69, 9.17) is 5.73 Å². The molecule has 146 valence electrons. The lowest BCUT2D eigenvalue weighted by Crippen LogP contribution is -2.40. The van der Waals surface area contributed by atoms with Crippen LogP contribution in [0.15, 0.2) is 15.9 Å². The molecule has 0 aromatic carbocycles. The summed E-state index contributed by atoms with van der Waals surface area (Å²) in [6.07, 6.45) is 7.19. The zero-order valence-electron chi connectivity index (χ0n) is 15.9. The number of aromatic nitrogens is 4. The second-order valence-corrected chi connectivity index (χ2v) is 6.97. The van der Waals surface area contributed by atoms with Crippen LogP contribution in [0.4, 0.5) is 0 Å². The number of aliphatic hydroxyl groups is 1. The zero-order chi connectivity index (χ0) is 19.1. The summed E-state index contributed by atoms with van der Waals surface area (Å²) in [7, 11) is 1.77. The second kappa shape index (κ2) is 9.68. The van der Waals surface area contributed by atoms with Crippen molar-refractivity contribution in [2.45, 2.75) is 71.1 Å². The number of fused-ring (bicyclic) bond motifs is 1. The third kappa shape index (κ3) is 4.82. The van der Waals surface area contributed by atoms with Gasteiger partial charge < -0.3 is 15.4 Å². The van der Waals surface area contributed by atoms with Gasteiger partial charge in [-0.1, -0.05) is 12.8 Å². The Labute approximate surface area is 153 Å². The third-order valence-corrected chi connectivity index (χ3v) is 4.67. The molecule has 2 aromatic heterocycles. The van der Waals surface area contributed by atoms with E-state index in [2.05, 4.69) is 4.98 Å². The lowest BCUT2D eigenvalue weighted by molar-refractivity contribution is 0.180. The van der Waals surface area contributed by atoms with Gasteiger partial charge >= 0.3 is 5.69 Å². The number of imidazole rings is 1. The van der Waals surface area contributed by atoms with E-state index < -0.39 is 0 Å². The van der Waals surface area contributed by atoms with Gasteiger partial charge in [-0.05, 0) is 45.6 Å². The summed E-state index contributed by atoms with van der Waals surface area (Å²) in [4.78, 5) is 29.9. The molecule has 2 heterocycles. The van der Waals surface area contributed by atoms with Crippen LogP contribution in [0.1, 0.15) is 51.9 Å². The van der Waals surface area contributed by atoms with Crippen molar-refractivity contribution in [2.75, 3.05) is 6.54 Å². The summed E-state index contributed by atoms with van der Waals surface area (Å²) in [5.41, 5.74) is 5.85. The molecule has 26 heavy (non-hydrogen) atoms. The normalized spacial score (nSPS) is 12.8. The molecule has 0 aliphatic heterocycles. The fourth-order valence-electron chi connectivity index (χ4n) is 3.19. The van der Waals surface area contributed by atoms with Gasteiger partial charge in [-0.15, -0.1) is 0 Å². The first-order valence-corrected chi connectivity index (χ1v) is 9.50. The minimum Gasteiger partial charge on any atom is -0.393 e. The van der Waals surface area contributed by atoms with Gasteiger partial charge in [-0.25, -0.2) is 9.78 Å². The molecule has 0 radical (unpaired) electrons. The summed E-state index contributed by atoms with van der Waals surface area (Å²) >= 11 is 0. The molecule has 3 N–H and O–H groups in total. The van der Waals surface area contributed by atoms with Gasteiger partial charge in [0, 0.05) is 20.1 Å². The minimum atomic E-state index is -0.364. The maximum absolute atomic E-state index is 12.9. The summed E-state index contributed by atoms with van der Waals surface area (Å²) in [5, 5.41) is 9.36. The van der Waals surface area contributed by atoms with Gasteiger partial charge in [-0.3, -0.25) is 13.9 Å². The van der Waals surface area contributed by atoms with Crippen LogP contribution >= 0.6 is 0 Å². The van der Waals surface area contributed by atoms with Crippen LogP contribution < -0.4 is 17.0 Å². The molecule has 0 saturated heterocycles.